The van der Waals surface area contributed by atoms with Crippen LogP contribution in [0.4, 0.5) is 11.4 Å². The van der Waals surface area contributed by atoms with E-state index in [0.717, 1.165) is 15.8 Å². The summed E-state index contributed by atoms with van der Waals surface area (Å²) in [6.45, 7) is 2.69. The molecule has 4 rings (SSSR count). The summed E-state index contributed by atoms with van der Waals surface area (Å²) in [4.78, 5) is 26.7. The van der Waals surface area contributed by atoms with Crippen LogP contribution in [0.25, 0.3) is 0 Å². The molecule has 0 atom stereocenters. The van der Waals surface area contributed by atoms with E-state index in [-0.39, 0.29) is 18.4 Å². The van der Waals surface area contributed by atoms with Crippen LogP contribution in [0.3, 0.4) is 0 Å². The second-order valence-electron chi connectivity index (χ2n) is 7.14. The quantitative estimate of drug-likeness (QED) is 0.549. The standard InChI is InChI=1S/C24H21BrN2O4/c1-16-5-8-20(9-6-16)30-12-11-27-21-14-19(7-10-22(21)31-15-23(27)28)26-24(29)17-3-2-4-18(25)13-17/h2-10,13-14H,11-12,15H2,1H3,(H,26,29). The molecule has 1 aliphatic heterocycles. The minimum Gasteiger partial charge on any atom is -0.492 e. The molecule has 1 N–H and O–H groups in total. The van der Waals surface area contributed by atoms with Gasteiger partial charge in [-0.25, -0.2) is 0 Å². The van der Waals surface area contributed by atoms with Gasteiger partial charge in [0.25, 0.3) is 11.8 Å². The predicted octanol–water partition coefficient (Wildman–Crippen LogP) is 4.81. The van der Waals surface area contributed by atoms with Gasteiger partial charge in [-0.3, -0.25) is 9.59 Å². The van der Waals surface area contributed by atoms with Crippen LogP contribution in [0.1, 0.15) is 15.9 Å². The maximum absolute atomic E-state index is 12.6. The van der Waals surface area contributed by atoms with Crippen molar-refractivity contribution in [3.05, 3.63) is 82.3 Å². The van der Waals surface area contributed by atoms with Gasteiger partial charge in [-0.15, -0.1) is 0 Å². The average Bonchev–Trinajstić information content (AvgIpc) is 2.76. The number of amides is 2. The summed E-state index contributed by atoms with van der Waals surface area (Å²) in [7, 11) is 0. The average molecular weight is 481 g/mol. The first-order valence-electron chi connectivity index (χ1n) is 9.83. The Morgan fingerprint density at radius 2 is 1.94 bits per heavy atom. The Bertz CT molecular complexity index is 1110. The van der Waals surface area contributed by atoms with Gasteiger partial charge < -0.3 is 19.7 Å². The Balaban J connectivity index is 1.47. The molecule has 1 aliphatic rings. The van der Waals surface area contributed by atoms with Gasteiger partial charge in [-0.05, 0) is 55.5 Å². The van der Waals surface area contributed by atoms with E-state index in [2.05, 4.69) is 21.2 Å². The van der Waals surface area contributed by atoms with Crippen molar-refractivity contribution in [2.75, 3.05) is 30.0 Å². The summed E-state index contributed by atoms with van der Waals surface area (Å²) < 4.78 is 12.2. The SMILES string of the molecule is Cc1ccc(OCCN2C(=O)COc3ccc(NC(=O)c4cccc(Br)c4)cc32)cc1. The Morgan fingerprint density at radius 1 is 1.13 bits per heavy atom. The van der Waals surface area contributed by atoms with E-state index in [4.69, 9.17) is 9.47 Å². The van der Waals surface area contributed by atoms with Crippen LogP contribution >= 0.6 is 15.9 Å². The fraction of sp³-hybridized carbons (Fsp3) is 0.167. The van der Waals surface area contributed by atoms with Crippen LogP contribution in [-0.2, 0) is 4.79 Å². The molecule has 2 amide bonds. The molecule has 1 heterocycles. The van der Waals surface area contributed by atoms with E-state index in [1.165, 1.54) is 0 Å². The number of nitrogens with zero attached hydrogens (tertiary/aromatic N) is 1. The number of hydrogen-bond acceptors (Lipinski definition) is 4. The number of carbonyl (C=O) groups is 2. The number of aryl methyl sites for hydroxylation is 1. The molecule has 0 spiro atoms. The fourth-order valence-corrected chi connectivity index (χ4v) is 3.65. The molecule has 0 radical (unpaired) electrons. The third-order valence-electron chi connectivity index (χ3n) is 4.85. The second-order valence-corrected chi connectivity index (χ2v) is 8.06. The zero-order valence-corrected chi connectivity index (χ0v) is 18.5. The third-order valence-corrected chi connectivity index (χ3v) is 5.34. The lowest BCUT2D eigenvalue weighted by Gasteiger charge is -2.29. The zero-order chi connectivity index (χ0) is 21.8. The Morgan fingerprint density at radius 3 is 2.71 bits per heavy atom. The number of anilines is 2. The Hall–Kier alpha value is -3.32. The number of carbonyl (C=O) groups excluding carboxylic acids is 2. The van der Waals surface area contributed by atoms with Gasteiger partial charge >= 0.3 is 0 Å². The summed E-state index contributed by atoms with van der Waals surface area (Å²) in [5.74, 6) is 0.950. The van der Waals surface area contributed by atoms with E-state index in [1.54, 1.807) is 41.3 Å². The molecule has 3 aromatic carbocycles. The molecular weight excluding hydrogens is 460 g/mol. The van der Waals surface area contributed by atoms with Crippen LogP contribution < -0.4 is 19.7 Å². The van der Waals surface area contributed by atoms with Crippen molar-refractivity contribution in [2.24, 2.45) is 0 Å². The number of nitrogens with one attached hydrogen (secondary N) is 1. The zero-order valence-electron chi connectivity index (χ0n) is 16.9. The summed E-state index contributed by atoms with van der Waals surface area (Å²) in [6.07, 6.45) is 0. The largest absolute Gasteiger partial charge is 0.492 e. The van der Waals surface area contributed by atoms with Crippen LogP contribution in [0.2, 0.25) is 0 Å². The molecule has 3 aromatic rings. The van der Waals surface area contributed by atoms with Crippen molar-refractivity contribution in [2.45, 2.75) is 6.92 Å². The van der Waals surface area contributed by atoms with Gasteiger partial charge in [-0.2, -0.15) is 0 Å². The number of ether oxygens (including phenoxy) is 2. The molecule has 6 nitrogen and oxygen atoms in total. The summed E-state index contributed by atoms with van der Waals surface area (Å²) >= 11 is 3.37. The monoisotopic (exact) mass is 480 g/mol. The molecule has 0 aromatic heterocycles. The van der Waals surface area contributed by atoms with Gasteiger partial charge in [-0.1, -0.05) is 39.7 Å². The molecule has 0 fully saturated rings. The third kappa shape index (κ3) is 5.06. The van der Waals surface area contributed by atoms with Crippen molar-refractivity contribution >= 4 is 39.1 Å². The molecule has 0 aliphatic carbocycles. The van der Waals surface area contributed by atoms with E-state index in [1.807, 2.05) is 37.3 Å². The summed E-state index contributed by atoms with van der Waals surface area (Å²) in [5.41, 5.74) is 2.87. The minimum atomic E-state index is -0.237. The van der Waals surface area contributed by atoms with Gasteiger partial charge in [0, 0.05) is 15.7 Å². The smallest absolute Gasteiger partial charge is 0.265 e. The van der Waals surface area contributed by atoms with Gasteiger partial charge in [0.05, 0.1) is 12.2 Å². The van der Waals surface area contributed by atoms with Crippen molar-refractivity contribution in [3.63, 3.8) is 0 Å². The van der Waals surface area contributed by atoms with Gasteiger partial charge in [0.1, 0.15) is 18.1 Å². The van der Waals surface area contributed by atoms with Crippen LogP contribution in [-0.4, -0.2) is 31.6 Å². The van der Waals surface area contributed by atoms with Crippen LogP contribution in [0, 0.1) is 6.92 Å². The van der Waals surface area contributed by atoms with E-state index in [0.29, 0.717) is 35.8 Å². The highest BCUT2D eigenvalue weighted by Crippen LogP contribution is 2.34. The predicted molar refractivity (Wildman–Crippen MR) is 123 cm³/mol. The van der Waals surface area contributed by atoms with Crippen molar-refractivity contribution in [3.8, 4) is 11.5 Å². The van der Waals surface area contributed by atoms with Crippen LogP contribution in [0.15, 0.2) is 71.2 Å². The number of halogens is 1. The lowest BCUT2D eigenvalue weighted by Crippen LogP contribution is -2.41. The Kier molecular flexibility index (Phi) is 6.23. The van der Waals surface area contributed by atoms with Crippen molar-refractivity contribution in [1.29, 1.82) is 0 Å². The van der Waals surface area contributed by atoms with E-state index in [9.17, 15) is 9.59 Å². The molecule has 0 bridgehead atoms. The maximum atomic E-state index is 12.6. The number of rotatable bonds is 6. The van der Waals surface area contributed by atoms with E-state index >= 15 is 0 Å². The van der Waals surface area contributed by atoms with Crippen molar-refractivity contribution < 1.29 is 19.1 Å². The van der Waals surface area contributed by atoms with E-state index < -0.39 is 0 Å². The summed E-state index contributed by atoms with van der Waals surface area (Å²) in [5, 5.41) is 2.87. The number of fused-ring (bicyclic) bond motifs is 1. The lowest BCUT2D eigenvalue weighted by atomic mass is 10.2. The normalized spacial score (nSPS) is 12.7. The first-order valence-corrected chi connectivity index (χ1v) is 10.6. The maximum Gasteiger partial charge on any atom is 0.265 e. The van der Waals surface area contributed by atoms with Gasteiger partial charge in [0.2, 0.25) is 0 Å². The number of hydrogen-bond donors (Lipinski definition) is 1. The second kappa shape index (κ2) is 9.22. The molecule has 31 heavy (non-hydrogen) atoms. The first-order chi connectivity index (χ1) is 15.0. The van der Waals surface area contributed by atoms with Crippen molar-refractivity contribution in [1.82, 2.24) is 0 Å². The molecule has 7 heteroatoms. The highest BCUT2D eigenvalue weighted by molar-refractivity contribution is 9.10. The van der Waals surface area contributed by atoms with Crippen LogP contribution in [0.5, 0.6) is 11.5 Å². The molecular formula is C24H21BrN2O4. The molecule has 158 valence electrons. The molecule has 0 saturated heterocycles. The Labute approximate surface area is 188 Å². The molecule has 0 unspecified atom stereocenters. The minimum absolute atomic E-state index is 0.0265. The summed E-state index contributed by atoms with van der Waals surface area (Å²) in [6, 6.07) is 20.2. The molecule has 0 saturated carbocycles. The number of benzene rings is 3. The first kappa shape index (κ1) is 20.9. The topological polar surface area (TPSA) is 67.9 Å². The highest BCUT2D eigenvalue weighted by atomic mass is 79.9. The highest BCUT2D eigenvalue weighted by Gasteiger charge is 2.26. The fourth-order valence-electron chi connectivity index (χ4n) is 3.25. The van der Waals surface area contributed by atoms with Gasteiger partial charge in [0.15, 0.2) is 6.61 Å². The lowest BCUT2D eigenvalue weighted by molar-refractivity contribution is -0.121.